The van der Waals surface area contributed by atoms with Gasteiger partial charge >= 0.3 is 0 Å². The predicted octanol–water partition coefficient (Wildman–Crippen LogP) is 2.62. The van der Waals surface area contributed by atoms with Gasteiger partial charge in [0.2, 0.25) is 5.91 Å². The number of hydroxylamine groups is 1. The van der Waals surface area contributed by atoms with E-state index < -0.39 is 5.91 Å². The predicted molar refractivity (Wildman–Crippen MR) is 92.8 cm³/mol. The average molecular weight is 352 g/mol. The molecule has 0 radical (unpaired) electrons. The largest absolute Gasteiger partial charge is 0.289 e. The fourth-order valence-corrected chi connectivity index (χ4v) is 2.61. The van der Waals surface area contributed by atoms with Crippen LogP contribution in [-0.4, -0.2) is 26.1 Å². The van der Waals surface area contributed by atoms with Gasteiger partial charge in [0.05, 0.1) is 12.1 Å². The molecule has 3 aromatic rings. The molecule has 1 aromatic carbocycles. The lowest BCUT2D eigenvalue weighted by atomic mass is 10.00. The van der Waals surface area contributed by atoms with Crippen LogP contribution in [0.3, 0.4) is 0 Å². The van der Waals surface area contributed by atoms with Crippen molar-refractivity contribution < 1.29 is 14.4 Å². The quantitative estimate of drug-likeness (QED) is 0.544. The Bertz CT molecular complexity index is 932. The minimum Gasteiger partial charge on any atom is -0.289 e. The highest BCUT2D eigenvalue weighted by atomic mass is 19.1. The van der Waals surface area contributed by atoms with E-state index in [0.717, 1.165) is 11.1 Å². The second-order valence-electron chi connectivity index (χ2n) is 5.82. The zero-order valence-electron chi connectivity index (χ0n) is 14.1. The Balaban J connectivity index is 2.03. The Kier molecular flexibility index (Phi) is 5.28. The molecule has 0 saturated heterocycles. The summed E-state index contributed by atoms with van der Waals surface area (Å²) in [5.74, 6) is -0.394. The zero-order valence-corrected chi connectivity index (χ0v) is 14.1. The van der Waals surface area contributed by atoms with Gasteiger partial charge in [0.15, 0.2) is 5.82 Å². The molecule has 132 valence electrons. The number of rotatable bonds is 5. The van der Waals surface area contributed by atoms with Crippen molar-refractivity contribution in [1.82, 2.24) is 20.4 Å². The molecule has 0 aliphatic rings. The number of nitrogens with one attached hydrogen (secondary N) is 1. The Morgan fingerprint density at radius 1 is 1.19 bits per heavy atom. The third kappa shape index (κ3) is 3.89. The molecule has 0 unspecified atom stereocenters. The van der Waals surface area contributed by atoms with Gasteiger partial charge in [-0.1, -0.05) is 12.1 Å². The number of pyridine rings is 1. The van der Waals surface area contributed by atoms with Gasteiger partial charge in [-0.15, -0.1) is 0 Å². The second kappa shape index (κ2) is 7.79. The van der Waals surface area contributed by atoms with E-state index in [9.17, 15) is 9.18 Å². The van der Waals surface area contributed by atoms with Gasteiger partial charge in [0, 0.05) is 36.1 Å². The van der Waals surface area contributed by atoms with Gasteiger partial charge in [-0.25, -0.2) is 19.8 Å². The van der Waals surface area contributed by atoms with Crippen LogP contribution in [0.2, 0.25) is 0 Å². The van der Waals surface area contributed by atoms with Gasteiger partial charge in [-0.2, -0.15) is 0 Å². The molecule has 0 saturated carbocycles. The number of carbonyl (C=O) groups excluding carboxylic acids is 1. The minimum atomic E-state index is -0.569. The molecular weight excluding hydrogens is 335 g/mol. The van der Waals surface area contributed by atoms with Crippen LogP contribution < -0.4 is 5.48 Å². The monoisotopic (exact) mass is 352 g/mol. The lowest BCUT2D eigenvalue weighted by molar-refractivity contribution is -0.128. The van der Waals surface area contributed by atoms with Crippen LogP contribution in [-0.2, 0) is 17.6 Å². The molecule has 0 bridgehead atoms. The van der Waals surface area contributed by atoms with Gasteiger partial charge in [-0.05, 0) is 36.2 Å². The second-order valence-corrected chi connectivity index (χ2v) is 5.82. The van der Waals surface area contributed by atoms with Crippen LogP contribution in [0.4, 0.5) is 4.39 Å². The van der Waals surface area contributed by atoms with E-state index in [1.54, 1.807) is 43.1 Å². The lowest BCUT2D eigenvalue weighted by Gasteiger charge is -2.12. The standard InChI is InChI=1S/C19H17FN4O2/c1-12-13(4-2-6-16(12)20)8-17-15(9-18(25)24-26)11-22-19(23-17)14-5-3-7-21-10-14/h2-7,10-11,26H,8-9H2,1H3,(H,24,25). The molecule has 2 N–H and O–H groups in total. The first kappa shape index (κ1) is 17.6. The molecule has 26 heavy (non-hydrogen) atoms. The summed E-state index contributed by atoms with van der Waals surface area (Å²) in [4.78, 5) is 24.5. The summed E-state index contributed by atoms with van der Waals surface area (Å²) >= 11 is 0. The number of nitrogens with zero attached hydrogens (tertiary/aromatic N) is 3. The zero-order chi connectivity index (χ0) is 18.5. The molecule has 2 aromatic heterocycles. The van der Waals surface area contributed by atoms with Crippen molar-refractivity contribution in [2.45, 2.75) is 19.8 Å². The molecule has 0 atom stereocenters. The van der Waals surface area contributed by atoms with Crippen LogP contribution in [0.1, 0.15) is 22.4 Å². The highest BCUT2D eigenvalue weighted by molar-refractivity contribution is 5.77. The maximum absolute atomic E-state index is 13.9. The summed E-state index contributed by atoms with van der Waals surface area (Å²) < 4.78 is 13.9. The highest BCUT2D eigenvalue weighted by Crippen LogP contribution is 2.21. The molecule has 0 spiro atoms. The van der Waals surface area contributed by atoms with Crippen molar-refractivity contribution in [3.63, 3.8) is 0 Å². The van der Waals surface area contributed by atoms with Crippen LogP contribution in [0, 0.1) is 12.7 Å². The lowest BCUT2D eigenvalue weighted by Crippen LogP contribution is -2.22. The molecule has 1 amide bonds. The number of carbonyl (C=O) groups is 1. The van der Waals surface area contributed by atoms with Gasteiger partial charge in [0.1, 0.15) is 5.82 Å². The van der Waals surface area contributed by atoms with E-state index in [1.165, 1.54) is 6.07 Å². The summed E-state index contributed by atoms with van der Waals surface area (Å²) in [6.07, 6.45) is 5.11. The fraction of sp³-hybridized carbons (Fsp3) is 0.158. The van der Waals surface area contributed by atoms with Gasteiger partial charge in [0.25, 0.3) is 0 Å². The number of hydrogen-bond acceptors (Lipinski definition) is 5. The molecule has 3 rings (SSSR count). The maximum Gasteiger partial charge on any atom is 0.247 e. The Hall–Kier alpha value is -3.19. The van der Waals surface area contributed by atoms with Crippen LogP contribution in [0.25, 0.3) is 11.4 Å². The van der Waals surface area contributed by atoms with Crippen molar-refractivity contribution in [3.05, 3.63) is 77.1 Å². The highest BCUT2D eigenvalue weighted by Gasteiger charge is 2.14. The fourth-order valence-electron chi connectivity index (χ4n) is 2.61. The van der Waals surface area contributed by atoms with E-state index in [4.69, 9.17) is 5.21 Å². The van der Waals surface area contributed by atoms with Crippen molar-refractivity contribution in [2.75, 3.05) is 0 Å². The summed E-state index contributed by atoms with van der Waals surface area (Å²) in [6, 6.07) is 8.48. The summed E-state index contributed by atoms with van der Waals surface area (Å²) in [5.41, 5.74) is 4.81. The van der Waals surface area contributed by atoms with Crippen molar-refractivity contribution in [3.8, 4) is 11.4 Å². The molecule has 2 heterocycles. The molecule has 0 fully saturated rings. The number of halogens is 1. The SMILES string of the molecule is Cc1c(F)cccc1Cc1nc(-c2cccnc2)ncc1CC(=O)NO. The van der Waals surface area contributed by atoms with Crippen molar-refractivity contribution >= 4 is 5.91 Å². The maximum atomic E-state index is 13.9. The Morgan fingerprint density at radius 2 is 2.04 bits per heavy atom. The number of amides is 1. The van der Waals surface area contributed by atoms with E-state index in [1.807, 2.05) is 12.1 Å². The van der Waals surface area contributed by atoms with Crippen LogP contribution in [0.5, 0.6) is 0 Å². The summed E-state index contributed by atoms with van der Waals surface area (Å²) in [5, 5.41) is 8.79. The normalized spacial score (nSPS) is 10.6. The molecule has 0 aliphatic heterocycles. The molecular formula is C19H17FN4O2. The van der Waals surface area contributed by atoms with Gasteiger partial charge in [-0.3, -0.25) is 15.0 Å². The molecule has 7 heteroatoms. The first-order chi connectivity index (χ1) is 12.6. The summed E-state index contributed by atoms with van der Waals surface area (Å²) in [7, 11) is 0. The average Bonchev–Trinajstić information content (AvgIpc) is 2.67. The smallest absolute Gasteiger partial charge is 0.247 e. The van der Waals surface area contributed by atoms with Crippen LogP contribution >= 0.6 is 0 Å². The third-order valence-corrected chi connectivity index (χ3v) is 4.09. The third-order valence-electron chi connectivity index (χ3n) is 4.09. The number of aromatic nitrogens is 3. The van der Waals surface area contributed by atoms with E-state index in [0.29, 0.717) is 29.1 Å². The van der Waals surface area contributed by atoms with Crippen molar-refractivity contribution in [1.29, 1.82) is 0 Å². The topological polar surface area (TPSA) is 88.0 Å². The van der Waals surface area contributed by atoms with E-state index in [-0.39, 0.29) is 12.2 Å². The number of hydrogen-bond donors (Lipinski definition) is 2. The summed E-state index contributed by atoms with van der Waals surface area (Å²) in [6.45, 7) is 1.70. The molecule has 6 nitrogen and oxygen atoms in total. The van der Waals surface area contributed by atoms with E-state index in [2.05, 4.69) is 15.0 Å². The first-order valence-electron chi connectivity index (χ1n) is 8.00. The van der Waals surface area contributed by atoms with Gasteiger partial charge < -0.3 is 0 Å². The number of benzene rings is 1. The minimum absolute atomic E-state index is 0.0759. The van der Waals surface area contributed by atoms with Crippen molar-refractivity contribution in [2.24, 2.45) is 0 Å². The van der Waals surface area contributed by atoms with Crippen LogP contribution in [0.15, 0.2) is 48.9 Å². The van der Waals surface area contributed by atoms with E-state index >= 15 is 0 Å². The first-order valence-corrected chi connectivity index (χ1v) is 8.00. The molecule has 0 aliphatic carbocycles. The Morgan fingerprint density at radius 3 is 2.77 bits per heavy atom. The Labute approximate surface area is 149 Å².